The average Bonchev–Trinajstić information content (AvgIpc) is 2.77. The molecule has 1 atom stereocenters. The van der Waals surface area contributed by atoms with Crippen LogP contribution in [0, 0.1) is 17.8 Å². The summed E-state index contributed by atoms with van der Waals surface area (Å²) in [6.07, 6.45) is 0.588. The number of benzene rings is 3. The van der Waals surface area contributed by atoms with Crippen molar-refractivity contribution in [1.82, 2.24) is 0 Å². The molecule has 1 nitrogen and oxygen atoms in total. The summed E-state index contributed by atoms with van der Waals surface area (Å²) in [5, 5.41) is 3.57. The molecule has 3 aromatic carbocycles. The Hall–Kier alpha value is -2.81. The second kappa shape index (κ2) is 9.41. The van der Waals surface area contributed by atoms with Crippen molar-refractivity contribution in [2.75, 3.05) is 0 Å². The van der Waals surface area contributed by atoms with Crippen LogP contribution in [0.4, 0.5) is 0 Å². The van der Waals surface area contributed by atoms with Gasteiger partial charge in [-0.05, 0) is 35.5 Å². The van der Waals surface area contributed by atoms with E-state index in [1.807, 2.05) is 37.8 Å². The second-order valence-corrected chi connectivity index (χ2v) is 10.0. The van der Waals surface area contributed by atoms with Gasteiger partial charge in [-0.1, -0.05) is 97.9 Å². The van der Waals surface area contributed by atoms with Crippen LogP contribution in [0.3, 0.4) is 0 Å². The van der Waals surface area contributed by atoms with E-state index in [1.54, 1.807) is 0 Å². The van der Waals surface area contributed by atoms with Crippen LogP contribution in [0.1, 0.15) is 20.3 Å². The summed E-state index contributed by atoms with van der Waals surface area (Å²) >= 11 is 0. The molecule has 0 fully saturated rings. The zero-order valence-corrected chi connectivity index (χ0v) is 17.3. The van der Waals surface area contributed by atoms with Gasteiger partial charge < -0.3 is 0 Å². The molecule has 0 saturated carbocycles. The third-order valence-corrected chi connectivity index (χ3v) is 8.86. The van der Waals surface area contributed by atoms with Crippen molar-refractivity contribution < 1.29 is 4.79 Å². The molecule has 0 saturated heterocycles. The first-order chi connectivity index (χ1) is 13.7. The van der Waals surface area contributed by atoms with E-state index >= 15 is 0 Å². The van der Waals surface area contributed by atoms with Crippen molar-refractivity contribution in [3.8, 4) is 11.8 Å². The fourth-order valence-electron chi connectivity index (χ4n) is 3.33. The summed E-state index contributed by atoms with van der Waals surface area (Å²) in [7, 11) is 0. The fraction of sp³-hybridized carbons (Fsp3) is 0.154. The van der Waals surface area contributed by atoms with Crippen LogP contribution in [0.25, 0.3) is 0 Å². The molecular weight excluding hydrogens is 359 g/mol. The Balaban J connectivity index is 2.32. The first kappa shape index (κ1) is 19.9. The minimum atomic E-state index is -2.22. The van der Waals surface area contributed by atoms with Crippen molar-refractivity contribution in [1.29, 1.82) is 0 Å². The van der Waals surface area contributed by atoms with Crippen LogP contribution in [0.15, 0.2) is 91.0 Å². The van der Waals surface area contributed by atoms with E-state index < -0.39 is 6.89 Å². The third-order valence-electron chi connectivity index (χ3n) is 4.88. The van der Waals surface area contributed by atoms with E-state index in [1.165, 1.54) is 15.9 Å². The molecule has 140 valence electrons. The van der Waals surface area contributed by atoms with E-state index in [0.29, 0.717) is 6.42 Å². The maximum atomic E-state index is 13.3. The number of rotatable bonds is 6. The second-order valence-electron chi connectivity index (χ2n) is 6.79. The van der Waals surface area contributed by atoms with Gasteiger partial charge in [-0.3, -0.25) is 4.79 Å². The lowest BCUT2D eigenvalue weighted by Crippen LogP contribution is -2.29. The Labute approximate surface area is 168 Å². The Morgan fingerprint density at radius 2 is 1.21 bits per heavy atom. The number of Topliss-reactive ketones (excluding diaryl/α,β-unsaturated/α-hetero) is 1. The van der Waals surface area contributed by atoms with E-state index in [-0.39, 0.29) is 11.7 Å². The van der Waals surface area contributed by atoms with Gasteiger partial charge in [-0.2, -0.15) is 0 Å². The van der Waals surface area contributed by atoms with Crippen molar-refractivity contribution >= 4 is 34.4 Å². The van der Waals surface area contributed by atoms with E-state index in [2.05, 4.69) is 84.6 Å². The van der Waals surface area contributed by atoms with Crippen LogP contribution >= 0.6 is 6.89 Å². The molecule has 1 unspecified atom stereocenters. The maximum Gasteiger partial charge on any atom is 0.160 e. The predicted molar refractivity (Wildman–Crippen MR) is 123 cm³/mol. The molecule has 0 spiro atoms. The number of carbonyl (C=O) groups is 1. The molecule has 0 aliphatic carbocycles. The highest BCUT2D eigenvalue weighted by Crippen LogP contribution is 2.43. The van der Waals surface area contributed by atoms with Gasteiger partial charge in [0.1, 0.15) is 0 Å². The Morgan fingerprint density at radius 3 is 1.57 bits per heavy atom. The Bertz CT molecular complexity index is 922. The lowest BCUT2D eigenvalue weighted by Gasteiger charge is -2.28. The Kier molecular flexibility index (Phi) is 6.70. The summed E-state index contributed by atoms with van der Waals surface area (Å²) in [6.45, 7) is 1.57. The predicted octanol–water partition coefficient (Wildman–Crippen LogP) is 4.40. The minimum absolute atomic E-state index is 0.122. The van der Waals surface area contributed by atoms with Crippen LogP contribution in [-0.4, -0.2) is 11.6 Å². The summed E-state index contributed by atoms with van der Waals surface area (Å²) in [4.78, 5) is 13.3. The SMILES string of the molecule is CC#CCC(C)C(=O)C=P(c1ccccc1)(c1ccccc1)c1ccccc1. The molecular formula is C26H25OP. The Morgan fingerprint density at radius 1 is 0.821 bits per heavy atom. The quantitative estimate of drug-likeness (QED) is 0.455. The molecule has 0 bridgehead atoms. The molecule has 3 rings (SSSR count). The van der Waals surface area contributed by atoms with Crippen molar-refractivity contribution in [2.45, 2.75) is 20.3 Å². The lowest BCUT2D eigenvalue weighted by molar-refractivity contribution is -0.115. The topological polar surface area (TPSA) is 17.1 Å². The van der Waals surface area contributed by atoms with Gasteiger partial charge in [0.05, 0.1) is 0 Å². The third kappa shape index (κ3) is 4.19. The van der Waals surface area contributed by atoms with Gasteiger partial charge in [0.2, 0.25) is 0 Å². The largest absolute Gasteiger partial charge is 0.294 e. The van der Waals surface area contributed by atoms with Crippen LogP contribution in [-0.2, 0) is 4.79 Å². The van der Waals surface area contributed by atoms with Gasteiger partial charge in [0, 0.05) is 12.3 Å². The van der Waals surface area contributed by atoms with Crippen molar-refractivity contribution in [3.63, 3.8) is 0 Å². The number of hydrogen-bond acceptors (Lipinski definition) is 1. The van der Waals surface area contributed by atoms with Crippen molar-refractivity contribution in [3.05, 3.63) is 91.0 Å². The van der Waals surface area contributed by atoms with Gasteiger partial charge in [-0.15, -0.1) is 11.8 Å². The molecule has 0 aliphatic heterocycles. The zero-order valence-electron chi connectivity index (χ0n) is 16.4. The van der Waals surface area contributed by atoms with Gasteiger partial charge in [-0.25, -0.2) is 0 Å². The van der Waals surface area contributed by atoms with Gasteiger partial charge in [0.15, 0.2) is 5.78 Å². The lowest BCUT2D eigenvalue weighted by atomic mass is 10.0. The molecule has 0 N–H and O–H groups in total. The van der Waals surface area contributed by atoms with Gasteiger partial charge in [0.25, 0.3) is 0 Å². The van der Waals surface area contributed by atoms with Crippen LogP contribution in [0.5, 0.6) is 0 Å². The molecule has 3 aromatic rings. The average molecular weight is 384 g/mol. The summed E-state index contributed by atoms with van der Waals surface area (Å²) < 4.78 is 0. The first-order valence-corrected chi connectivity index (χ1v) is 11.4. The monoisotopic (exact) mass is 384 g/mol. The molecule has 0 radical (unpaired) electrons. The molecule has 0 aliphatic rings. The van der Waals surface area contributed by atoms with Gasteiger partial charge >= 0.3 is 0 Å². The number of ketones is 1. The standard InChI is InChI=1S/C26H25OP/c1-3-4-14-22(2)26(27)21-28(23-15-8-5-9-16-23,24-17-10-6-11-18-24)25-19-12-7-13-20-25/h5-13,15-22H,14H2,1-2H3. The summed E-state index contributed by atoms with van der Waals surface area (Å²) in [6, 6.07) is 31.3. The highest BCUT2D eigenvalue weighted by molar-refractivity contribution is 7.95. The normalized spacial score (nSPS) is 11.8. The van der Waals surface area contributed by atoms with E-state index in [4.69, 9.17) is 0 Å². The zero-order chi connectivity index (χ0) is 19.8. The van der Waals surface area contributed by atoms with E-state index in [0.717, 1.165) is 0 Å². The first-order valence-electron chi connectivity index (χ1n) is 9.53. The smallest absolute Gasteiger partial charge is 0.160 e. The maximum absolute atomic E-state index is 13.3. The number of hydrogen-bond donors (Lipinski definition) is 0. The highest BCUT2D eigenvalue weighted by Gasteiger charge is 2.27. The number of carbonyl (C=O) groups excluding carboxylic acids is 1. The summed E-state index contributed by atoms with van der Waals surface area (Å²) in [5.41, 5.74) is 0. The van der Waals surface area contributed by atoms with Crippen LogP contribution < -0.4 is 15.9 Å². The summed E-state index contributed by atoms with van der Waals surface area (Å²) in [5.74, 6) is 8.01. The molecule has 0 aromatic heterocycles. The van der Waals surface area contributed by atoms with Crippen LogP contribution in [0.2, 0.25) is 0 Å². The highest BCUT2D eigenvalue weighted by atomic mass is 31.2. The van der Waals surface area contributed by atoms with E-state index in [9.17, 15) is 4.79 Å². The minimum Gasteiger partial charge on any atom is -0.294 e. The molecule has 2 heteroatoms. The molecule has 0 heterocycles. The fourth-order valence-corrected chi connectivity index (χ4v) is 7.24. The molecule has 0 amide bonds. The molecule has 28 heavy (non-hydrogen) atoms. The van der Waals surface area contributed by atoms with Crippen molar-refractivity contribution in [2.24, 2.45) is 5.92 Å².